The van der Waals surface area contributed by atoms with Crippen molar-refractivity contribution >= 4 is 11.3 Å². The van der Waals surface area contributed by atoms with Crippen LogP contribution in [0.2, 0.25) is 0 Å². The molecule has 1 heterocycles. The highest BCUT2D eigenvalue weighted by atomic mass is 32.1. The highest BCUT2D eigenvalue weighted by Gasteiger charge is 2.00. The number of phenolic OH excluding ortho intramolecular Hbond substituents is 1. The summed E-state index contributed by atoms with van der Waals surface area (Å²) < 4.78 is 5.54. The topological polar surface area (TPSA) is 55.5 Å². The molecule has 84 valence electrons. The highest BCUT2D eigenvalue weighted by Crippen LogP contribution is 2.20. The van der Waals surface area contributed by atoms with E-state index in [1.54, 1.807) is 29.5 Å². The quantitative estimate of drug-likeness (QED) is 0.856. The first-order chi connectivity index (χ1) is 7.78. The van der Waals surface area contributed by atoms with Gasteiger partial charge in [0.05, 0.1) is 0 Å². The van der Waals surface area contributed by atoms with E-state index in [-0.39, 0.29) is 5.75 Å². The second kappa shape index (κ2) is 5.01. The maximum Gasteiger partial charge on any atom is 0.123 e. The molecule has 0 spiro atoms. The summed E-state index contributed by atoms with van der Waals surface area (Å²) in [5.74, 6) is 0.881. The van der Waals surface area contributed by atoms with Gasteiger partial charge in [-0.25, -0.2) is 0 Å². The van der Waals surface area contributed by atoms with Crippen LogP contribution in [0.15, 0.2) is 35.7 Å². The van der Waals surface area contributed by atoms with Gasteiger partial charge < -0.3 is 15.6 Å². The molecule has 2 rings (SSSR count). The van der Waals surface area contributed by atoms with E-state index in [0.29, 0.717) is 18.9 Å². The molecule has 0 fully saturated rings. The van der Waals surface area contributed by atoms with Crippen molar-refractivity contribution in [3.8, 4) is 11.5 Å². The predicted molar refractivity (Wildman–Crippen MR) is 64.6 cm³/mol. The Morgan fingerprint density at radius 2 is 2.19 bits per heavy atom. The lowest BCUT2D eigenvalue weighted by atomic mass is 10.3. The second-order valence-corrected chi connectivity index (χ2v) is 4.41. The normalized spacial score (nSPS) is 10.3. The van der Waals surface area contributed by atoms with E-state index in [4.69, 9.17) is 10.5 Å². The van der Waals surface area contributed by atoms with Gasteiger partial charge in [0.1, 0.15) is 18.1 Å². The molecular weight excluding hydrogens is 222 g/mol. The van der Waals surface area contributed by atoms with Gasteiger partial charge in [0.15, 0.2) is 0 Å². The maximum atomic E-state index is 9.26. The molecule has 0 bridgehead atoms. The maximum absolute atomic E-state index is 9.26. The summed E-state index contributed by atoms with van der Waals surface area (Å²) in [5.41, 5.74) is 6.63. The fourth-order valence-electron chi connectivity index (χ4n) is 1.35. The van der Waals surface area contributed by atoms with Crippen LogP contribution in [-0.2, 0) is 13.2 Å². The number of hydrogen-bond acceptors (Lipinski definition) is 4. The van der Waals surface area contributed by atoms with Crippen LogP contribution in [0, 0.1) is 0 Å². The minimum Gasteiger partial charge on any atom is -0.508 e. The summed E-state index contributed by atoms with van der Waals surface area (Å²) in [6.45, 7) is 1.07. The van der Waals surface area contributed by atoms with Gasteiger partial charge in [-0.2, -0.15) is 0 Å². The molecule has 0 radical (unpaired) electrons. The van der Waals surface area contributed by atoms with Crippen LogP contribution in [0.4, 0.5) is 0 Å². The van der Waals surface area contributed by atoms with E-state index >= 15 is 0 Å². The minimum absolute atomic E-state index is 0.213. The SMILES string of the molecule is NCc1cc(COc2cccc(O)c2)cs1. The van der Waals surface area contributed by atoms with Gasteiger partial charge in [-0.1, -0.05) is 6.07 Å². The Balaban J connectivity index is 1.96. The predicted octanol–water partition coefficient (Wildman–Crippen LogP) is 2.49. The van der Waals surface area contributed by atoms with Crippen molar-refractivity contribution in [2.75, 3.05) is 0 Å². The Hall–Kier alpha value is -1.52. The van der Waals surface area contributed by atoms with Gasteiger partial charge in [0, 0.05) is 23.1 Å². The Morgan fingerprint density at radius 3 is 2.88 bits per heavy atom. The third-order valence-corrected chi connectivity index (χ3v) is 3.14. The molecule has 0 amide bonds. The van der Waals surface area contributed by atoms with Gasteiger partial charge >= 0.3 is 0 Å². The molecule has 3 nitrogen and oxygen atoms in total. The van der Waals surface area contributed by atoms with E-state index < -0.39 is 0 Å². The zero-order chi connectivity index (χ0) is 11.4. The van der Waals surface area contributed by atoms with Crippen LogP contribution in [0.3, 0.4) is 0 Å². The zero-order valence-corrected chi connectivity index (χ0v) is 9.54. The first-order valence-corrected chi connectivity index (χ1v) is 5.84. The fourth-order valence-corrected chi connectivity index (χ4v) is 2.10. The van der Waals surface area contributed by atoms with E-state index in [1.807, 2.05) is 17.5 Å². The van der Waals surface area contributed by atoms with Gasteiger partial charge in [-0.3, -0.25) is 0 Å². The van der Waals surface area contributed by atoms with Crippen LogP contribution in [0.1, 0.15) is 10.4 Å². The lowest BCUT2D eigenvalue weighted by molar-refractivity contribution is 0.305. The summed E-state index contributed by atoms with van der Waals surface area (Å²) >= 11 is 1.63. The molecule has 0 aliphatic carbocycles. The van der Waals surface area contributed by atoms with Gasteiger partial charge in [0.25, 0.3) is 0 Å². The molecule has 0 unspecified atom stereocenters. The molecular formula is C12H13NO2S. The number of hydrogen-bond donors (Lipinski definition) is 2. The van der Waals surface area contributed by atoms with E-state index in [2.05, 4.69) is 0 Å². The standard InChI is InChI=1S/C12H13NO2S/c13-6-12-4-9(8-16-12)7-15-11-3-1-2-10(14)5-11/h1-5,8,14H,6-7,13H2. The van der Waals surface area contributed by atoms with Crippen LogP contribution in [0.25, 0.3) is 0 Å². The number of rotatable bonds is 4. The molecule has 0 saturated heterocycles. The Labute approximate surface area is 98.1 Å². The Morgan fingerprint density at radius 1 is 1.31 bits per heavy atom. The molecule has 4 heteroatoms. The van der Waals surface area contributed by atoms with Crippen molar-refractivity contribution < 1.29 is 9.84 Å². The molecule has 0 atom stereocenters. The zero-order valence-electron chi connectivity index (χ0n) is 8.72. The first kappa shape index (κ1) is 11.0. The second-order valence-electron chi connectivity index (χ2n) is 3.41. The van der Waals surface area contributed by atoms with Crippen LogP contribution in [0.5, 0.6) is 11.5 Å². The van der Waals surface area contributed by atoms with E-state index in [9.17, 15) is 5.11 Å². The smallest absolute Gasteiger partial charge is 0.123 e. The third-order valence-electron chi connectivity index (χ3n) is 2.13. The molecule has 16 heavy (non-hydrogen) atoms. The number of benzene rings is 1. The number of nitrogens with two attached hydrogens (primary N) is 1. The van der Waals surface area contributed by atoms with Crippen molar-refractivity contribution in [3.05, 3.63) is 46.2 Å². The number of ether oxygens (including phenoxy) is 1. The lowest BCUT2D eigenvalue weighted by Gasteiger charge is -2.04. The number of phenols is 1. The van der Waals surface area contributed by atoms with Crippen LogP contribution in [-0.4, -0.2) is 5.11 Å². The van der Waals surface area contributed by atoms with Crippen molar-refractivity contribution in [1.82, 2.24) is 0 Å². The van der Waals surface area contributed by atoms with Crippen molar-refractivity contribution in [3.63, 3.8) is 0 Å². The minimum atomic E-state index is 0.213. The fraction of sp³-hybridized carbons (Fsp3) is 0.167. The van der Waals surface area contributed by atoms with E-state index in [0.717, 1.165) is 10.4 Å². The summed E-state index contributed by atoms with van der Waals surface area (Å²) in [5, 5.41) is 11.3. The molecule has 0 aliphatic heterocycles. The van der Waals surface area contributed by atoms with Gasteiger partial charge in [0.2, 0.25) is 0 Å². The molecule has 3 N–H and O–H groups in total. The summed E-state index contributed by atoms with van der Waals surface area (Å²) in [4.78, 5) is 1.15. The van der Waals surface area contributed by atoms with Crippen LogP contribution >= 0.6 is 11.3 Å². The summed E-state index contributed by atoms with van der Waals surface area (Å²) in [6.07, 6.45) is 0. The molecule has 1 aromatic carbocycles. The average Bonchev–Trinajstić information content (AvgIpc) is 2.74. The monoisotopic (exact) mass is 235 g/mol. The Kier molecular flexibility index (Phi) is 3.44. The van der Waals surface area contributed by atoms with E-state index in [1.165, 1.54) is 0 Å². The van der Waals surface area contributed by atoms with Crippen LogP contribution < -0.4 is 10.5 Å². The van der Waals surface area contributed by atoms with Gasteiger partial charge in [-0.15, -0.1) is 11.3 Å². The van der Waals surface area contributed by atoms with Crippen molar-refractivity contribution in [2.24, 2.45) is 5.73 Å². The summed E-state index contributed by atoms with van der Waals surface area (Å²) in [6, 6.07) is 8.81. The molecule has 2 aromatic rings. The number of thiophene rings is 1. The van der Waals surface area contributed by atoms with Crippen molar-refractivity contribution in [2.45, 2.75) is 13.2 Å². The summed E-state index contributed by atoms with van der Waals surface area (Å²) in [7, 11) is 0. The highest BCUT2D eigenvalue weighted by molar-refractivity contribution is 7.10. The molecule has 1 aromatic heterocycles. The van der Waals surface area contributed by atoms with Gasteiger partial charge in [-0.05, 0) is 23.6 Å². The average molecular weight is 235 g/mol. The van der Waals surface area contributed by atoms with Crippen molar-refractivity contribution in [1.29, 1.82) is 0 Å². The Bertz CT molecular complexity index is 468. The third kappa shape index (κ3) is 2.74. The lowest BCUT2D eigenvalue weighted by Crippen LogP contribution is -1.94. The first-order valence-electron chi connectivity index (χ1n) is 4.96. The largest absolute Gasteiger partial charge is 0.508 e. The molecule has 0 saturated carbocycles. The number of aromatic hydroxyl groups is 1. The molecule has 0 aliphatic rings.